The van der Waals surface area contributed by atoms with Gasteiger partial charge >= 0.3 is 0 Å². The van der Waals surface area contributed by atoms with Gasteiger partial charge in [-0.15, -0.1) is 0 Å². The van der Waals surface area contributed by atoms with Crippen molar-refractivity contribution in [3.8, 4) is 11.5 Å². The normalized spacial score (nSPS) is 24.0. The minimum atomic E-state index is -0.696. The van der Waals surface area contributed by atoms with E-state index in [2.05, 4.69) is 6.07 Å². The molecule has 1 spiro atoms. The number of nitrogens with zero attached hydrogens (tertiary/aromatic N) is 1. The predicted octanol–water partition coefficient (Wildman–Crippen LogP) is 3.07. The van der Waals surface area contributed by atoms with Gasteiger partial charge in [0.15, 0.2) is 0 Å². The van der Waals surface area contributed by atoms with Gasteiger partial charge in [0, 0.05) is 44.0 Å². The summed E-state index contributed by atoms with van der Waals surface area (Å²) in [6, 6.07) is 12.0. The van der Waals surface area contributed by atoms with E-state index in [4.69, 9.17) is 14.2 Å². The number of benzene rings is 2. The molecule has 5 nitrogen and oxygen atoms in total. The lowest BCUT2D eigenvalue weighted by Crippen LogP contribution is -2.41. The van der Waals surface area contributed by atoms with Crippen LogP contribution in [-0.4, -0.2) is 39.4 Å². The van der Waals surface area contributed by atoms with Crippen molar-refractivity contribution in [2.45, 2.75) is 24.7 Å². The molecular formula is C22H23NO4. The number of amides is 1. The lowest BCUT2D eigenvalue weighted by atomic mass is 9.76. The van der Waals surface area contributed by atoms with Crippen LogP contribution < -0.4 is 14.4 Å². The molecule has 1 amide bonds. The van der Waals surface area contributed by atoms with E-state index in [1.54, 1.807) is 4.90 Å². The quantitative estimate of drug-likeness (QED) is 0.720. The molecule has 4 aliphatic heterocycles. The number of hydrogen-bond donors (Lipinski definition) is 0. The van der Waals surface area contributed by atoms with E-state index >= 15 is 0 Å². The number of hydrogen-bond acceptors (Lipinski definition) is 4. The highest BCUT2D eigenvalue weighted by atomic mass is 16.5. The van der Waals surface area contributed by atoms with Gasteiger partial charge in [-0.2, -0.15) is 0 Å². The molecule has 0 radical (unpaired) electrons. The molecule has 0 saturated carbocycles. The van der Waals surface area contributed by atoms with Gasteiger partial charge in [0.2, 0.25) is 5.91 Å². The maximum absolute atomic E-state index is 13.1. The number of para-hydroxylation sites is 1. The Hall–Kier alpha value is -2.53. The van der Waals surface area contributed by atoms with E-state index in [9.17, 15) is 4.79 Å². The van der Waals surface area contributed by atoms with Gasteiger partial charge in [0.25, 0.3) is 0 Å². The summed E-state index contributed by atoms with van der Waals surface area (Å²) < 4.78 is 16.5. The van der Waals surface area contributed by atoms with E-state index in [1.165, 1.54) is 18.4 Å². The maximum atomic E-state index is 13.1. The highest BCUT2D eigenvalue weighted by molar-refractivity contribution is 6.11. The molecule has 1 saturated heterocycles. The number of ether oxygens (including phenoxy) is 3. The van der Waals surface area contributed by atoms with Crippen molar-refractivity contribution in [2.75, 3.05) is 38.4 Å². The van der Waals surface area contributed by atoms with E-state index in [0.717, 1.165) is 47.9 Å². The van der Waals surface area contributed by atoms with Crippen LogP contribution in [0.25, 0.3) is 0 Å². The Bertz CT molecular complexity index is 898. The second kappa shape index (κ2) is 6.27. The number of likely N-dealkylation sites (N-methyl/N-ethyl adjacent to an activating group) is 1. The topological polar surface area (TPSA) is 48.0 Å². The summed E-state index contributed by atoms with van der Waals surface area (Å²) in [6.07, 6.45) is 3.45. The summed E-state index contributed by atoms with van der Waals surface area (Å²) in [7, 11) is 1.84. The molecule has 0 aliphatic carbocycles. The van der Waals surface area contributed by atoms with Crippen LogP contribution in [-0.2, 0) is 21.4 Å². The molecule has 27 heavy (non-hydrogen) atoms. The first-order valence-corrected chi connectivity index (χ1v) is 9.60. The summed E-state index contributed by atoms with van der Waals surface area (Å²) in [4.78, 5) is 14.8. The highest BCUT2D eigenvalue weighted by Crippen LogP contribution is 2.53. The van der Waals surface area contributed by atoms with Crippen LogP contribution in [0.3, 0.4) is 0 Å². The van der Waals surface area contributed by atoms with Gasteiger partial charge in [-0.05, 0) is 36.1 Å². The number of rotatable bonds is 0. The van der Waals surface area contributed by atoms with Gasteiger partial charge < -0.3 is 19.1 Å². The van der Waals surface area contributed by atoms with Crippen LogP contribution >= 0.6 is 0 Å². The third-order valence-electron chi connectivity index (χ3n) is 5.92. The largest absolute Gasteiger partial charge is 0.493 e. The molecule has 0 aromatic heterocycles. The van der Waals surface area contributed by atoms with E-state index < -0.39 is 5.41 Å². The van der Waals surface area contributed by atoms with Gasteiger partial charge in [-0.1, -0.05) is 18.2 Å². The lowest BCUT2D eigenvalue weighted by molar-refractivity contribution is -0.121. The van der Waals surface area contributed by atoms with Gasteiger partial charge in [-0.25, -0.2) is 0 Å². The summed E-state index contributed by atoms with van der Waals surface area (Å²) in [5.41, 5.74) is 3.47. The van der Waals surface area contributed by atoms with Crippen molar-refractivity contribution in [2.24, 2.45) is 0 Å². The molecule has 4 aliphatic rings. The Labute approximate surface area is 158 Å². The van der Waals surface area contributed by atoms with Crippen molar-refractivity contribution in [1.82, 2.24) is 0 Å². The average Bonchev–Trinajstić information content (AvgIpc) is 3.48. The predicted molar refractivity (Wildman–Crippen MR) is 102 cm³/mol. The summed E-state index contributed by atoms with van der Waals surface area (Å²) in [5, 5.41) is 0. The zero-order valence-electron chi connectivity index (χ0n) is 15.5. The number of anilines is 1. The highest BCUT2D eigenvalue weighted by Gasteiger charge is 2.56. The lowest BCUT2D eigenvalue weighted by Gasteiger charge is -2.21. The summed E-state index contributed by atoms with van der Waals surface area (Å²) >= 11 is 0. The second-order valence-electron chi connectivity index (χ2n) is 7.45. The Morgan fingerprint density at radius 1 is 0.963 bits per heavy atom. The van der Waals surface area contributed by atoms with Crippen molar-refractivity contribution < 1.29 is 19.0 Å². The molecule has 5 heteroatoms. The molecule has 1 atom stereocenters. The molecule has 4 heterocycles. The molecule has 0 N–H and O–H groups in total. The van der Waals surface area contributed by atoms with E-state index in [0.29, 0.717) is 13.2 Å². The molecule has 2 aromatic rings. The first-order chi connectivity index (χ1) is 13.2. The second-order valence-corrected chi connectivity index (χ2v) is 7.45. The molecule has 140 valence electrons. The standard InChI is InChI=1S/C18H15NO3.C4H8O/c1-19-14-5-3-2-4-12(14)18(17(19)20)10-22-16-9-15-11(6-7-21-15)8-13(16)18;1-2-4-5-3-1/h2-5,8-9H,6-7,10H2,1H3;1-4H2. The maximum Gasteiger partial charge on any atom is 0.245 e. The molecule has 0 bridgehead atoms. The summed E-state index contributed by atoms with van der Waals surface area (Å²) in [6.45, 7) is 3.07. The molecule has 1 unspecified atom stereocenters. The fourth-order valence-electron chi connectivity index (χ4n) is 4.47. The van der Waals surface area contributed by atoms with Gasteiger partial charge in [0.05, 0.1) is 6.61 Å². The van der Waals surface area contributed by atoms with Crippen molar-refractivity contribution in [3.63, 3.8) is 0 Å². The van der Waals surface area contributed by atoms with Crippen LogP contribution in [0.2, 0.25) is 0 Å². The van der Waals surface area contributed by atoms with E-state index in [-0.39, 0.29) is 5.91 Å². The van der Waals surface area contributed by atoms with Crippen molar-refractivity contribution in [3.05, 3.63) is 53.1 Å². The van der Waals surface area contributed by atoms with Gasteiger partial charge in [-0.3, -0.25) is 4.79 Å². The average molecular weight is 365 g/mol. The Morgan fingerprint density at radius 3 is 2.56 bits per heavy atom. The Morgan fingerprint density at radius 2 is 1.78 bits per heavy atom. The van der Waals surface area contributed by atoms with Crippen LogP contribution in [0.5, 0.6) is 11.5 Å². The molecule has 1 fully saturated rings. The van der Waals surface area contributed by atoms with Crippen LogP contribution in [0, 0.1) is 0 Å². The minimum absolute atomic E-state index is 0.0892. The van der Waals surface area contributed by atoms with Crippen molar-refractivity contribution >= 4 is 11.6 Å². The SMILES string of the molecule is C1CCOC1.CN1C(=O)C2(COc3cc4c(cc32)CCO4)c2ccccc21. The zero-order chi connectivity index (χ0) is 18.4. The fourth-order valence-corrected chi connectivity index (χ4v) is 4.47. The number of carbonyl (C=O) groups is 1. The fraction of sp³-hybridized carbons (Fsp3) is 0.409. The zero-order valence-corrected chi connectivity index (χ0v) is 15.5. The minimum Gasteiger partial charge on any atom is -0.493 e. The molecule has 6 rings (SSSR count). The number of carbonyl (C=O) groups excluding carboxylic acids is 1. The van der Waals surface area contributed by atoms with Crippen LogP contribution in [0.4, 0.5) is 5.69 Å². The molecule has 2 aromatic carbocycles. The van der Waals surface area contributed by atoms with E-state index in [1.807, 2.05) is 37.4 Å². The Balaban J connectivity index is 0.000000280. The Kier molecular flexibility index (Phi) is 3.86. The van der Waals surface area contributed by atoms with Gasteiger partial charge in [0.1, 0.15) is 23.5 Å². The smallest absolute Gasteiger partial charge is 0.245 e. The third kappa shape index (κ3) is 2.38. The first-order valence-electron chi connectivity index (χ1n) is 9.60. The number of fused-ring (bicyclic) bond motifs is 5. The van der Waals surface area contributed by atoms with Crippen molar-refractivity contribution in [1.29, 1.82) is 0 Å². The third-order valence-corrected chi connectivity index (χ3v) is 5.92. The summed E-state index contributed by atoms with van der Waals surface area (Å²) in [5.74, 6) is 1.76. The first kappa shape index (κ1) is 16.6. The van der Waals surface area contributed by atoms with Crippen LogP contribution in [0.1, 0.15) is 29.5 Å². The van der Waals surface area contributed by atoms with Crippen LogP contribution in [0.15, 0.2) is 36.4 Å². The molecular weight excluding hydrogens is 342 g/mol. The monoisotopic (exact) mass is 365 g/mol.